The first-order valence-corrected chi connectivity index (χ1v) is 7.31. The summed E-state index contributed by atoms with van der Waals surface area (Å²) in [7, 11) is 0. The molecule has 1 aliphatic rings. The molecule has 2 atom stereocenters. The van der Waals surface area contributed by atoms with Crippen molar-refractivity contribution in [2.24, 2.45) is 0 Å². The number of hydrogen-bond acceptors (Lipinski definition) is 2. The average Bonchev–Trinajstić information content (AvgIpc) is 2.47. The number of fused-ring (bicyclic) bond motifs is 1. The Hall–Kier alpha value is -1.32. The van der Waals surface area contributed by atoms with E-state index in [0.29, 0.717) is 0 Å². The van der Waals surface area contributed by atoms with Crippen LogP contribution in [-0.4, -0.2) is 11.1 Å². The Kier molecular flexibility index (Phi) is 3.58. The Bertz CT molecular complexity index is 567. The lowest BCUT2D eigenvalue weighted by atomic mass is 9.92. The molecule has 0 spiro atoms. The van der Waals surface area contributed by atoms with Crippen LogP contribution in [0.15, 0.2) is 53.0 Å². The number of aliphatic hydroxyl groups excluding tert-OH is 1. The van der Waals surface area contributed by atoms with Gasteiger partial charge in [0.05, 0.1) is 12.1 Å². The highest BCUT2D eigenvalue weighted by Gasteiger charge is 2.24. The van der Waals surface area contributed by atoms with E-state index < -0.39 is 6.10 Å². The molecule has 2 N–H and O–H groups in total. The standard InChI is InChI=1S/C16H16BrNO/c17-13-8-5-12(6-9-13)16(19)15-10-7-11-3-1-2-4-14(11)18-15/h1-6,8-9,15-16,18-19H,7,10H2. The van der Waals surface area contributed by atoms with Gasteiger partial charge in [0.2, 0.25) is 0 Å². The first kappa shape index (κ1) is 12.7. The summed E-state index contributed by atoms with van der Waals surface area (Å²) in [5.74, 6) is 0. The molecule has 2 aromatic rings. The van der Waals surface area contributed by atoms with Crippen molar-refractivity contribution in [3.63, 3.8) is 0 Å². The molecule has 0 saturated carbocycles. The zero-order valence-corrected chi connectivity index (χ0v) is 12.1. The molecule has 0 bridgehead atoms. The molecule has 2 nitrogen and oxygen atoms in total. The molecule has 0 saturated heterocycles. The maximum Gasteiger partial charge on any atom is 0.0991 e. The van der Waals surface area contributed by atoms with Gasteiger partial charge in [0.15, 0.2) is 0 Å². The second kappa shape index (κ2) is 5.35. The van der Waals surface area contributed by atoms with Crippen LogP contribution in [0.3, 0.4) is 0 Å². The smallest absolute Gasteiger partial charge is 0.0991 e. The molecule has 0 radical (unpaired) electrons. The van der Waals surface area contributed by atoms with Gasteiger partial charge in [0.25, 0.3) is 0 Å². The van der Waals surface area contributed by atoms with E-state index in [1.54, 1.807) is 0 Å². The Morgan fingerprint density at radius 2 is 1.84 bits per heavy atom. The SMILES string of the molecule is OC(c1ccc(Br)cc1)C1CCc2ccccc2N1. The van der Waals surface area contributed by atoms with Gasteiger partial charge in [-0.15, -0.1) is 0 Å². The van der Waals surface area contributed by atoms with E-state index in [9.17, 15) is 5.11 Å². The molecular weight excluding hydrogens is 302 g/mol. The minimum atomic E-state index is -0.471. The number of nitrogens with one attached hydrogen (secondary N) is 1. The maximum absolute atomic E-state index is 10.5. The summed E-state index contributed by atoms with van der Waals surface area (Å²) in [4.78, 5) is 0. The maximum atomic E-state index is 10.5. The van der Waals surface area contributed by atoms with Gasteiger partial charge >= 0.3 is 0 Å². The number of aryl methyl sites for hydroxylation is 1. The van der Waals surface area contributed by atoms with Crippen LogP contribution >= 0.6 is 15.9 Å². The predicted octanol–water partition coefficient (Wildman–Crippen LogP) is 3.91. The highest BCUT2D eigenvalue weighted by atomic mass is 79.9. The van der Waals surface area contributed by atoms with Crippen LogP contribution in [0.4, 0.5) is 5.69 Å². The molecule has 2 unspecified atom stereocenters. The molecule has 3 heteroatoms. The van der Waals surface area contributed by atoms with Crippen molar-refractivity contribution in [2.75, 3.05) is 5.32 Å². The van der Waals surface area contributed by atoms with Crippen LogP contribution in [0.2, 0.25) is 0 Å². The summed E-state index contributed by atoms with van der Waals surface area (Å²) in [6.45, 7) is 0. The monoisotopic (exact) mass is 317 g/mol. The Labute approximate surface area is 121 Å². The van der Waals surface area contributed by atoms with Gasteiger partial charge in [-0.3, -0.25) is 0 Å². The summed E-state index contributed by atoms with van der Waals surface area (Å²) >= 11 is 3.41. The molecule has 3 rings (SSSR count). The minimum absolute atomic E-state index is 0.0797. The molecule has 0 aliphatic carbocycles. The van der Waals surface area contributed by atoms with Gasteiger partial charge in [0, 0.05) is 10.2 Å². The molecule has 0 amide bonds. The number of hydrogen-bond donors (Lipinski definition) is 2. The minimum Gasteiger partial charge on any atom is -0.386 e. The van der Waals surface area contributed by atoms with E-state index in [1.807, 2.05) is 30.3 Å². The lowest BCUT2D eigenvalue weighted by Gasteiger charge is -2.30. The zero-order chi connectivity index (χ0) is 13.2. The van der Waals surface area contributed by atoms with Crippen LogP contribution in [0.5, 0.6) is 0 Å². The van der Waals surface area contributed by atoms with Gasteiger partial charge in [-0.05, 0) is 42.2 Å². The highest BCUT2D eigenvalue weighted by molar-refractivity contribution is 9.10. The quantitative estimate of drug-likeness (QED) is 0.880. The predicted molar refractivity (Wildman–Crippen MR) is 81.3 cm³/mol. The van der Waals surface area contributed by atoms with E-state index in [2.05, 4.69) is 39.4 Å². The van der Waals surface area contributed by atoms with E-state index >= 15 is 0 Å². The number of aliphatic hydroxyl groups is 1. The summed E-state index contributed by atoms with van der Waals surface area (Å²) < 4.78 is 1.03. The lowest BCUT2D eigenvalue weighted by molar-refractivity contribution is 0.149. The lowest BCUT2D eigenvalue weighted by Crippen LogP contribution is -2.31. The summed E-state index contributed by atoms with van der Waals surface area (Å²) in [6, 6.07) is 16.3. The summed E-state index contributed by atoms with van der Waals surface area (Å²) in [5, 5.41) is 13.9. The number of rotatable bonds is 2. The Morgan fingerprint density at radius 1 is 1.11 bits per heavy atom. The van der Waals surface area contributed by atoms with Crippen LogP contribution in [-0.2, 0) is 6.42 Å². The zero-order valence-electron chi connectivity index (χ0n) is 10.5. The van der Waals surface area contributed by atoms with Crippen molar-refractivity contribution in [3.05, 3.63) is 64.1 Å². The third-order valence-corrected chi connectivity index (χ3v) is 4.20. The van der Waals surface area contributed by atoms with E-state index in [1.165, 1.54) is 5.56 Å². The molecular formula is C16H16BrNO. The topological polar surface area (TPSA) is 32.3 Å². The van der Waals surface area contributed by atoms with Crippen LogP contribution in [0.25, 0.3) is 0 Å². The van der Waals surface area contributed by atoms with Gasteiger partial charge in [-0.1, -0.05) is 46.3 Å². The van der Waals surface area contributed by atoms with Gasteiger partial charge in [-0.25, -0.2) is 0 Å². The largest absolute Gasteiger partial charge is 0.386 e. The fourth-order valence-electron chi connectivity index (χ4n) is 2.59. The van der Waals surface area contributed by atoms with Gasteiger partial charge in [0.1, 0.15) is 0 Å². The number of halogens is 1. The molecule has 19 heavy (non-hydrogen) atoms. The van der Waals surface area contributed by atoms with Crippen molar-refractivity contribution in [1.82, 2.24) is 0 Å². The van der Waals surface area contributed by atoms with Crippen molar-refractivity contribution < 1.29 is 5.11 Å². The molecule has 2 aromatic carbocycles. The fraction of sp³-hybridized carbons (Fsp3) is 0.250. The van der Waals surface area contributed by atoms with E-state index in [4.69, 9.17) is 0 Å². The highest BCUT2D eigenvalue weighted by Crippen LogP contribution is 2.30. The van der Waals surface area contributed by atoms with Gasteiger partial charge < -0.3 is 10.4 Å². The third-order valence-electron chi connectivity index (χ3n) is 3.68. The second-order valence-electron chi connectivity index (χ2n) is 4.94. The number of anilines is 1. The molecule has 0 aromatic heterocycles. The van der Waals surface area contributed by atoms with E-state index in [-0.39, 0.29) is 6.04 Å². The van der Waals surface area contributed by atoms with Gasteiger partial charge in [-0.2, -0.15) is 0 Å². The van der Waals surface area contributed by atoms with Crippen molar-refractivity contribution in [1.29, 1.82) is 0 Å². The van der Waals surface area contributed by atoms with Crippen molar-refractivity contribution >= 4 is 21.6 Å². The average molecular weight is 318 g/mol. The summed E-state index contributed by atoms with van der Waals surface area (Å²) in [6.07, 6.45) is 1.50. The fourth-order valence-corrected chi connectivity index (χ4v) is 2.86. The van der Waals surface area contributed by atoms with Crippen molar-refractivity contribution in [3.8, 4) is 0 Å². The van der Waals surface area contributed by atoms with E-state index in [0.717, 1.165) is 28.6 Å². The normalized spacial score (nSPS) is 19.4. The molecule has 1 aliphatic heterocycles. The van der Waals surface area contributed by atoms with Crippen LogP contribution in [0, 0.1) is 0 Å². The number of benzene rings is 2. The third kappa shape index (κ3) is 2.67. The van der Waals surface area contributed by atoms with Crippen molar-refractivity contribution in [2.45, 2.75) is 25.0 Å². The first-order chi connectivity index (χ1) is 9.24. The summed E-state index contributed by atoms with van der Waals surface area (Å²) in [5.41, 5.74) is 3.44. The molecule has 1 heterocycles. The number of para-hydroxylation sites is 1. The van der Waals surface area contributed by atoms with Crippen LogP contribution in [0.1, 0.15) is 23.7 Å². The first-order valence-electron chi connectivity index (χ1n) is 6.52. The van der Waals surface area contributed by atoms with Crippen LogP contribution < -0.4 is 5.32 Å². The second-order valence-corrected chi connectivity index (χ2v) is 5.86. The Balaban J connectivity index is 1.79. The molecule has 98 valence electrons. The Morgan fingerprint density at radius 3 is 2.63 bits per heavy atom. The molecule has 0 fully saturated rings.